The summed E-state index contributed by atoms with van der Waals surface area (Å²) < 4.78 is 58.9. The van der Waals surface area contributed by atoms with Crippen LogP contribution >= 0.6 is 0 Å². The standard InChI is InChI=1S/C58H84N6O17/c1-28-17-37-11-13-43-29(2)18-39(75-43)15-16-58-25-42(67)52(81-58)48-24-49(80-58)53-44(78-48)14-12-38(77-53)19-35(65)20-40-46(23-45(76-37)30(28)3)79-47(51(40)73-6)21-36(66)26-61-57(72)74-27-33-7-9-34(10-8-33)63-56(71)41(22-50(60)68)64-55(70)32(5)62-54(69)31(4)59/h7-10,28,31-32,36-49,51-53,66-67H,2-3,11-27,59H2,1,4-6H3,(H2,60,68)(H,61,72)(H,62,69)(H,63,71)(H,64,70)/t28-,31?,32+,36?,37+,38?,39?,40?,41?,42-,43?,44+,45?,46?,47-,48-,49?,51-,52?,53+,58-/m1/s1. The number of fused-ring (bicyclic) bond motifs is 9. The summed E-state index contributed by atoms with van der Waals surface area (Å²) in [6.07, 6.45) is -0.730. The Kier molecular flexibility index (Phi) is 19.7. The van der Waals surface area contributed by atoms with Gasteiger partial charge in [-0.05, 0) is 93.6 Å². The van der Waals surface area contributed by atoms with Crippen molar-refractivity contribution in [2.24, 2.45) is 23.3 Å². The maximum Gasteiger partial charge on any atom is 0.407 e. The molecule has 448 valence electrons. The molecule has 8 fully saturated rings. The molecule has 8 aliphatic heterocycles. The van der Waals surface area contributed by atoms with Gasteiger partial charge in [0, 0.05) is 70.2 Å². The first-order valence-corrected chi connectivity index (χ1v) is 29.0. The van der Waals surface area contributed by atoms with E-state index in [-0.39, 0.29) is 92.9 Å². The molecule has 1 aromatic carbocycles. The van der Waals surface area contributed by atoms with Gasteiger partial charge in [0.15, 0.2) is 5.79 Å². The number of ether oxygens (including phenoxy) is 9. The molecular formula is C58H84N6O17. The van der Waals surface area contributed by atoms with Gasteiger partial charge in [-0.2, -0.15) is 0 Å². The van der Waals surface area contributed by atoms with Crippen LogP contribution in [0.25, 0.3) is 0 Å². The highest BCUT2D eigenvalue weighted by atomic mass is 16.7. The number of anilines is 1. The number of hydrogen-bond acceptors (Lipinski definition) is 18. The molecule has 1 spiro atoms. The average Bonchev–Trinajstić information content (AvgIpc) is 3.76. The number of Topliss-reactive ketones (excluding diaryl/α,β-unsaturated/α-hetero) is 1. The van der Waals surface area contributed by atoms with E-state index >= 15 is 0 Å². The van der Waals surface area contributed by atoms with E-state index in [1.807, 2.05) is 0 Å². The molecule has 21 atom stereocenters. The summed E-state index contributed by atoms with van der Waals surface area (Å²) in [4.78, 5) is 77.0. The van der Waals surface area contributed by atoms with Crippen molar-refractivity contribution in [3.63, 3.8) is 0 Å². The van der Waals surface area contributed by atoms with Crippen LogP contribution in [0.5, 0.6) is 0 Å². The van der Waals surface area contributed by atoms with E-state index in [2.05, 4.69) is 41.3 Å². The molecular weight excluding hydrogens is 1050 g/mol. The van der Waals surface area contributed by atoms with Crippen molar-refractivity contribution >= 4 is 41.2 Å². The Balaban J connectivity index is 0.815. The highest BCUT2D eigenvalue weighted by molar-refractivity contribution is 6.00. The molecule has 0 radical (unpaired) electrons. The molecule has 23 nitrogen and oxygen atoms in total. The largest absolute Gasteiger partial charge is 0.445 e. The van der Waals surface area contributed by atoms with Gasteiger partial charge in [-0.25, -0.2) is 4.79 Å². The summed E-state index contributed by atoms with van der Waals surface area (Å²) in [5.74, 6) is -4.18. The monoisotopic (exact) mass is 1140 g/mol. The van der Waals surface area contributed by atoms with Gasteiger partial charge in [-0.1, -0.05) is 32.2 Å². The van der Waals surface area contributed by atoms with Gasteiger partial charge in [0.05, 0.1) is 91.8 Å². The van der Waals surface area contributed by atoms with E-state index in [1.54, 1.807) is 19.2 Å². The third-order valence-corrected chi connectivity index (χ3v) is 17.6. The summed E-state index contributed by atoms with van der Waals surface area (Å²) in [7, 11) is 1.57. The lowest BCUT2D eigenvalue weighted by molar-refractivity contribution is -0.277. The number of primary amides is 1. The molecule has 0 aromatic heterocycles. The second-order valence-electron chi connectivity index (χ2n) is 23.9. The predicted octanol–water partition coefficient (Wildman–Crippen LogP) is 2.54. The van der Waals surface area contributed by atoms with Crippen LogP contribution in [0.4, 0.5) is 10.5 Å². The minimum atomic E-state index is -1.35. The third-order valence-electron chi connectivity index (χ3n) is 17.6. The number of methoxy groups -OCH3 is 1. The van der Waals surface area contributed by atoms with E-state index in [9.17, 15) is 39.0 Å². The molecule has 23 heteroatoms. The fraction of sp³-hybridized carbons (Fsp3) is 0.724. The molecule has 0 saturated carbocycles. The third kappa shape index (κ3) is 14.9. The number of nitrogens with one attached hydrogen (secondary N) is 4. The number of hydrogen-bond donors (Lipinski definition) is 8. The second-order valence-corrected chi connectivity index (χ2v) is 23.9. The van der Waals surface area contributed by atoms with E-state index in [4.69, 9.17) is 54.1 Å². The molecule has 0 aliphatic carbocycles. The van der Waals surface area contributed by atoms with Crippen LogP contribution < -0.4 is 32.7 Å². The fourth-order valence-electron chi connectivity index (χ4n) is 13.3. The Bertz CT molecular complexity index is 2470. The van der Waals surface area contributed by atoms with Crippen molar-refractivity contribution in [1.29, 1.82) is 0 Å². The van der Waals surface area contributed by atoms with Gasteiger partial charge in [0.25, 0.3) is 0 Å². The van der Waals surface area contributed by atoms with Crippen molar-refractivity contribution in [2.45, 2.75) is 239 Å². The van der Waals surface area contributed by atoms with Gasteiger partial charge in [-0.15, -0.1) is 0 Å². The molecule has 10 N–H and O–H groups in total. The van der Waals surface area contributed by atoms with Crippen molar-refractivity contribution in [3.8, 4) is 0 Å². The number of carbonyl (C=O) groups is 6. The van der Waals surface area contributed by atoms with Crippen molar-refractivity contribution in [3.05, 3.63) is 54.1 Å². The molecule has 1 aromatic rings. The summed E-state index contributed by atoms with van der Waals surface area (Å²) in [6, 6.07) is 2.99. The van der Waals surface area contributed by atoms with Gasteiger partial charge in [0.2, 0.25) is 23.6 Å². The molecule has 8 heterocycles. The maximum absolute atomic E-state index is 14.4. The normalized spacial score (nSPS) is 37.3. The second kappa shape index (κ2) is 26.3. The van der Waals surface area contributed by atoms with E-state index in [1.165, 1.54) is 26.0 Å². The summed E-state index contributed by atoms with van der Waals surface area (Å²) in [5.41, 5.74) is 13.8. The zero-order valence-electron chi connectivity index (χ0n) is 47.0. The minimum Gasteiger partial charge on any atom is -0.445 e. The molecule has 5 amide bonds. The van der Waals surface area contributed by atoms with Gasteiger partial charge >= 0.3 is 6.09 Å². The van der Waals surface area contributed by atoms with Crippen molar-refractivity contribution in [1.82, 2.24) is 16.0 Å². The smallest absolute Gasteiger partial charge is 0.407 e. The maximum atomic E-state index is 14.4. The van der Waals surface area contributed by atoms with Crippen LogP contribution in [0, 0.1) is 11.8 Å². The number of alkyl carbamates (subject to hydrolysis) is 1. The Hall–Kier alpha value is -4.92. The van der Waals surface area contributed by atoms with Gasteiger partial charge in [0.1, 0.15) is 36.7 Å². The summed E-state index contributed by atoms with van der Waals surface area (Å²) >= 11 is 0. The average molecular weight is 1140 g/mol. The number of ketones is 1. The Labute approximate surface area is 472 Å². The van der Waals surface area contributed by atoms with Crippen LogP contribution in [-0.2, 0) is 73.2 Å². The molecule has 11 unspecified atom stereocenters. The molecule has 10 bridgehead atoms. The van der Waals surface area contributed by atoms with Crippen LogP contribution in [-0.4, -0.2) is 175 Å². The minimum absolute atomic E-state index is 0.0121. The van der Waals surface area contributed by atoms with Gasteiger partial charge < -0.3 is 85.6 Å². The van der Waals surface area contributed by atoms with Crippen molar-refractivity contribution in [2.75, 3.05) is 19.0 Å². The first-order chi connectivity index (χ1) is 38.6. The summed E-state index contributed by atoms with van der Waals surface area (Å²) in [5, 5.41) is 32.8. The van der Waals surface area contributed by atoms with Crippen LogP contribution in [0.1, 0.15) is 123 Å². The number of nitrogens with two attached hydrogens (primary N) is 2. The molecule has 8 saturated heterocycles. The van der Waals surface area contributed by atoms with E-state index in [0.29, 0.717) is 56.2 Å². The summed E-state index contributed by atoms with van der Waals surface area (Å²) in [6.45, 7) is 13.6. The lowest BCUT2D eigenvalue weighted by Gasteiger charge is -2.47. The highest BCUT2D eigenvalue weighted by Crippen LogP contribution is 2.49. The topological polar surface area (TPSA) is 326 Å². The first-order valence-electron chi connectivity index (χ1n) is 29.0. The number of carbonyl (C=O) groups excluding carboxylic acids is 6. The zero-order chi connectivity index (χ0) is 57.9. The molecule has 9 rings (SSSR count). The number of amides is 5. The number of rotatable bonds is 15. The lowest BCUT2D eigenvalue weighted by atomic mass is 9.81. The SMILES string of the molecule is C=C1CC2CC[C@]34C[C@@H](O)C(O3)[C@H]3CC(O4)[C@H]4OC(CC[C@@H]4O3)CC(=O)CC3C(CC4O[C@@H](CCC1O2)C[C@@H](C)C4=C)O[C@H](CC(O)CNC(=O)OCc1ccc(NC(=O)C(CC(N)=O)NC(=O)[C@H](C)NC(=O)C(C)N)cc1)[C@@H]3OC. The van der Waals surface area contributed by atoms with E-state index in [0.717, 1.165) is 36.8 Å². The Morgan fingerprint density at radius 1 is 0.802 bits per heavy atom. The quantitative estimate of drug-likeness (QED) is 0.117. The number of aliphatic hydroxyl groups is 2. The molecule has 81 heavy (non-hydrogen) atoms. The van der Waals surface area contributed by atoms with E-state index < -0.39 is 109 Å². The predicted molar refractivity (Wildman–Crippen MR) is 289 cm³/mol. The zero-order valence-corrected chi connectivity index (χ0v) is 47.0. The fourth-order valence-corrected chi connectivity index (χ4v) is 13.3. The number of benzene rings is 1. The van der Waals surface area contributed by atoms with Crippen LogP contribution in [0.3, 0.4) is 0 Å². The lowest BCUT2D eigenvalue weighted by Crippen LogP contribution is -2.58. The highest BCUT2D eigenvalue weighted by Gasteiger charge is 2.60. The van der Waals surface area contributed by atoms with Crippen LogP contribution in [0.2, 0.25) is 0 Å². The first kappa shape index (κ1) is 60.7. The number of aliphatic hydroxyl groups excluding tert-OH is 2. The Morgan fingerprint density at radius 2 is 1.54 bits per heavy atom. The van der Waals surface area contributed by atoms with Crippen molar-refractivity contribution < 1.29 is 81.6 Å². The van der Waals surface area contributed by atoms with Crippen LogP contribution in [0.15, 0.2) is 48.6 Å². The van der Waals surface area contributed by atoms with Gasteiger partial charge in [-0.3, -0.25) is 24.0 Å². The Morgan fingerprint density at radius 3 is 2.28 bits per heavy atom. The molecule has 8 aliphatic rings.